The quantitative estimate of drug-likeness (QED) is 0.588. The summed E-state index contributed by atoms with van der Waals surface area (Å²) < 4.78 is 5.01. The van der Waals surface area contributed by atoms with Crippen LogP contribution in [0.25, 0.3) is 6.08 Å². The van der Waals surface area contributed by atoms with Crippen LogP contribution in [0.1, 0.15) is 5.56 Å². The molecule has 1 aliphatic rings. The molecule has 1 heterocycles. The number of amides is 1. The molecule has 0 radical (unpaired) electrons. The predicted molar refractivity (Wildman–Crippen MR) is 59.0 cm³/mol. The predicted octanol–water partition coefficient (Wildman–Crippen LogP) is 0.778. The number of carbonyl (C=O) groups is 2. The van der Waals surface area contributed by atoms with Crippen molar-refractivity contribution in [2.24, 2.45) is 0 Å². The van der Waals surface area contributed by atoms with Gasteiger partial charge in [-0.1, -0.05) is 12.1 Å². The number of rotatable bonds is 2. The monoisotopic (exact) mass is 217 g/mol. The van der Waals surface area contributed by atoms with E-state index >= 15 is 0 Å². The van der Waals surface area contributed by atoms with Gasteiger partial charge in [-0.25, -0.2) is 0 Å². The normalized spacial score (nSPS) is 17.7. The molecule has 1 saturated heterocycles. The summed E-state index contributed by atoms with van der Waals surface area (Å²) in [5.74, 6) is 0.269. The van der Waals surface area contributed by atoms with E-state index in [2.05, 4.69) is 5.32 Å². The topological polar surface area (TPSA) is 55.4 Å². The summed E-state index contributed by atoms with van der Waals surface area (Å²) in [7, 11) is 1.58. The molecule has 0 aromatic heterocycles. The first-order chi connectivity index (χ1) is 7.70. The summed E-state index contributed by atoms with van der Waals surface area (Å²) in [6.07, 6.45) is 1.59. The van der Waals surface area contributed by atoms with E-state index in [9.17, 15) is 9.59 Å². The molecule has 4 nitrogen and oxygen atoms in total. The van der Waals surface area contributed by atoms with Gasteiger partial charge in [0.05, 0.1) is 19.2 Å². The summed E-state index contributed by atoms with van der Waals surface area (Å²) in [4.78, 5) is 22.6. The van der Waals surface area contributed by atoms with Crippen molar-refractivity contribution in [2.45, 2.75) is 0 Å². The molecule has 1 N–H and O–H groups in total. The Morgan fingerprint density at radius 2 is 1.94 bits per heavy atom. The van der Waals surface area contributed by atoms with Crippen molar-refractivity contribution in [2.75, 3.05) is 13.7 Å². The zero-order chi connectivity index (χ0) is 11.5. The van der Waals surface area contributed by atoms with Crippen LogP contribution in [0.15, 0.2) is 29.8 Å². The van der Waals surface area contributed by atoms with E-state index in [1.807, 2.05) is 0 Å². The molecule has 4 heteroatoms. The molecule has 1 aromatic rings. The lowest BCUT2D eigenvalue weighted by Gasteiger charge is -1.99. The lowest BCUT2D eigenvalue weighted by atomic mass is 10.1. The van der Waals surface area contributed by atoms with Crippen LogP contribution in [0.3, 0.4) is 0 Å². The fourth-order valence-corrected chi connectivity index (χ4v) is 1.49. The first-order valence-corrected chi connectivity index (χ1v) is 4.88. The second-order valence-corrected chi connectivity index (χ2v) is 3.44. The number of ether oxygens (including phenoxy) is 1. The number of ketones is 1. The smallest absolute Gasteiger partial charge is 0.255 e. The van der Waals surface area contributed by atoms with Crippen LogP contribution in [-0.2, 0) is 9.59 Å². The van der Waals surface area contributed by atoms with E-state index in [0.717, 1.165) is 11.3 Å². The SMILES string of the molecule is COc1ccc(/C=C2\C(=O)CNC2=O)cc1. The minimum Gasteiger partial charge on any atom is -0.497 e. The van der Waals surface area contributed by atoms with Gasteiger partial charge in [0.15, 0.2) is 5.78 Å². The fraction of sp³-hybridized carbons (Fsp3) is 0.167. The first-order valence-electron chi connectivity index (χ1n) is 4.88. The highest BCUT2D eigenvalue weighted by molar-refractivity contribution is 6.27. The van der Waals surface area contributed by atoms with Crippen LogP contribution < -0.4 is 10.1 Å². The summed E-state index contributed by atoms with van der Waals surface area (Å²) in [5, 5.41) is 2.48. The van der Waals surface area contributed by atoms with Crippen molar-refractivity contribution in [1.29, 1.82) is 0 Å². The van der Waals surface area contributed by atoms with E-state index in [1.54, 1.807) is 37.5 Å². The maximum absolute atomic E-state index is 11.3. The van der Waals surface area contributed by atoms with Crippen molar-refractivity contribution in [3.05, 3.63) is 35.4 Å². The number of benzene rings is 1. The number of methoxy groups -OCH3 is 1. The Morgan fingerprint density at radius 3 is 2.44 bits per heavy atom. The van der Waals surface area contributed by atoms with Crippen molar-refractivity contribution >= 4 is 17.8 Å². The van der Waals surface area contributed by atoms with Crippen molar-refractivity contribution in [1.82, 2.24) is 5.32 Å². The van der Waals surface area contributed by atoms with E-state index in [0.29, 0.717) is 0 Å². The fourth-order valence-electron chi connectivity index (χ4n) is 1.49. The van der Waals surface area contributed by atoms with Crippen LogP contribution >= 0.6 is 0 Å². The average molecular weight is 217 g/mol. The number of hydrogen-bond acceptors (Lipinski definition) is 3. The van der Waals surface area contributed by atoms with Gasteiger partial charge in [-0.15, -0.1) is 0 Å². The minimum absolute atomic E-state index is 0.0980. The van der Waals surface area contributed by atoms with Gasteiger partial charge in [-0.2, -0.15) is 0 Å². The molecule has 1 fully saturated rings. The van der Waals surface area contributed by atoms with Crippen molar-refractivity contribution in [3.8, 4) is 5.75 Å². The molecule has 0 bridgehead atoms. The third kappa shape index (κ3) is 1.95. The molecular formula is C12H11NO3. The lowest BCUT2D eigenvalue weighted by Crippen LogP contribution is -2.14. The summed E-state index contributed by atoms with van der Waals surface area (Å²) in [6.45, 7) is 0.0980. The Labute approximate surface area is 92.9 Å². The standard InChI is InChI=1S/C12H11NO3/c1-16-9-4-2-8(3-5-9)6-10-11(14)7-13-12(10)15/h2-6H,7H2,1H3,(H,13,15)/b10-6+. The second-order valence-electron chi connectivity index (χ2n) is 3.44. The van der Waals surface area contributed by atoms with E-state index in [4.69, 9.17) is 4.74 Å². The van der Waals surface area contributed by atoms with Gasteiger partial charge in [0, 0.05) is 0 Å². The summed E-state index contributed by atoms with van der Waals surface area (Å²) >= 11 is 0. The van der Waals surface area contributed by atoms with Crippen LogP contribution in [0, 0.1) is 0 Å². The Balaban J connectivity index is 2.28. The Kier molecular flexibility index (Phi) is 2.72. The van der Waals surface area contributed by atoms with E-state index in [-0.39, 0.29) is 23.8 Å². The number of Topliss-reactive ketones (excluding diaryl/α,β-unsaturated/α-hetero) is 1. The van der Waals surface area contributed by atoms with Crippen LogP contribution in [-0.4, -0.2) is 25.3 Å². The molecule has 0 aliphatic carbocycles. The van der Waals surface area contributed by atoms with Crippen LogP contribution in [0.5, 0.6) is 5.75 Å². The molecule has 1 amide bonds. The average Bonchev–Trinajstić information content (AvgIpc) is 2.62. The number of nitrogens with one attached hydrogen (secondary N) is 1. The molecule has 0 atom stereocenters. The van der Waals surface area contributed by atoms with Gasteiger partial charge in [-0.3, -0.25) is 9.59 Å². The molecule has 0 saturated carbocycles. The van der Waals surface area contributed by atoms with Gasteiger partial charge in [0.25, 0.3) is 5.91 Å². The zero-order valence-corrected chi connectivity index (χ0v) is 8.82. The Morgan fingerprint density at radius 1 is 1.25 bits per heavy atom. The largest absolute Gasteiger partial charge is 0.497 e. The van der Waals surface area contributed by atoms with Crippen LogP contribution in [0.2, 0.25) is 0 Å². The highest BCUT2D eigenvalue weighted by Gasteiger charge is 2.24. The summed E-state index contributed by atoms with van der Waals surface area (Å²) in [5.41, 5.74) is 1.02. The van der Waals surface area contributed by atoms with Gasteiger partial charge in [-0.05, 0) is 23.8 Å². The molecule has 0 unspecified atom stereocenters. The Hall–Kier alpha value is -2.10. The molecule has 2 rings (SSSR count). The molecule has 1 aromatic carbocycles. The highest BCUT2D eigenvalue weighted by atomic mass is 16.5. The molecule has 16 heavy (non-hydrogen) atoms. The maximum atomic E-state index is 11.3. The van der Waals surface area contributed by atoms with Crippen LogP contribution in [0.4, 0.5) is 0 Å². The van der Waals surface area contributed by atoms with Crippen molar-refractivity contribution < 1.29 is 14.3 Å². The maximum Gasteiger partial charge on any atom is 0.255 e. The zero-order valence-electron chi connectivity index (χ0n) is 8.82. The van der Waals surface area contributed by atoms with Gasteiger partial charge >= 0.3 is 0 Å². The van der Waals surface area contributed by atoms with Gasteiger partial charge < -0.3 is 10.1 Å². The number of carbonyl (C=O) groups excluding carboxylic acids is 2. The number of hydrogen-bond donors (Lipinski definition) is 1. The highest BCUT2D eigenvalue weighted by Crippen LogP contribution is 2.15. The molecule has 0 spiro atoms. The van der Waals surface area contributed by atoms with Gasteiger partial charge in [0.2, 0.25) is 0 Å². The molecule has 1 aliphatic heterocycles. The van der Waals surface area contributed by atoms with Crippen molar-refractivity contribution in [3.63, 3.8) is 0 Å². The van der Waals surface area contributed by atoms with E-state index < -0.39 is 0 Å². The second kappa shape index (κ2) is 4.18. The molecule has 82 valence electrons. The lowest BCUT2D eigenvalue weighted by molar-refractivity contribution is -0.117. The summed E-state index contributed by atoms with van der Waals surface area (Å²) in [6, 6.07) is 7.16. The Bertz CT molecular complexity index is 442. The third-order valence-corrected chi connectivity index (χ3v) is 2.38. The van der Waals surface area contributed by atoms with E-state index in [1.165, 1.54) is 0 Å². The minimum atomic E-state index is -0.305. The third-order valence-electron chi connectivity index (χ3n) is 2.38. The first kappa shape index (κ1) is 10.4. The van der Waals surface area contributed by atoms with Gasteiger partial charge in [0.1, 0.15) is 5.75 Å². The molecular weight excluding hydrogens is 206 g/mol.